The number of halogens is 1. The molecule has 0 aliphatic rings. The smallest absolute Gasteiger partial charge is 0.247 e. The minimum absolute atomic E-state index is 0.113. The molecule has 0 aliphatic carbocycles. The van der Waals surface area contributed by atoms with Crippen molar-refractivity contribution in [1.29, 1.82) is 0 Å². The van der Waals surface area contributed by atoms with E-state index >= 15 is 0 Å². The van der Waals surface area contributed by atoms with Gasteiger partial charge in [0.05, 0.1) is 10.4 Å². The third-order valence-electron chi connectivity index (χ3n) is 2.87. The summed E-state index contributed by atoms with van der Waals surface area (Å²) in [6.45, 7) is 0. The van der Waals surface area contributed by atoms with Crippen LogP contribution in [0, 0.1) is 0 Å². The summed E-state index contributed by atoms with van der Waals surface area (Å²) < 4.78 is 28.4. The first-order valence-corrected chi connectivity index (χ1v) is 7.75. The number of sulfonamides is 1. The first-order valence-electron chi connectivity index (χ1n) is 5.89. The average Bonchev–Trinajstić information content (AvgIpc) is 2.83. The lowest BCUT2D eigenvalue weighted by atomic mass is 10.2. The zero-order chi connectivity index (χ0) is 15.0. The van der Waals surface area contributed by atoms with Gasteiger partial charge in [0, 0.05) is 12.4 Å². The molecule has 0 amide bonds. The molecule has 108 valence electrons. The molecule has 0 saturated heterocycles. The highest BCUT2D eigenvalue weighted by Gasteiger charge is 2.17. The fourth-order valence-corrected chi connectivity index (χ4v) is 3.04. The van der Waals surface area contributed by atoms with Crippen LogP contribution in [-0.4, -0.2) is 28.2 Å². The molecule has 1 N–H and O–H groups in total. The Labute approximate surface area is 125 Å². The van der Waals surface area contributed by atoms with Crippen molar-refractivity contribution in [2.75, 3.05) is 4.72 Å². The molecule has 0 spiro atoms. The minimum atomic E-state index is -3.74. The molecule has 0 fully saturated rings. The number of pyridine rings is 1. The van der Waals surface area contributed by atoms with Crippen molar-refractivity contribution in [3.63, 3.8) is 0 Å². The number of aryl methyl sites for hydroxylation is 1. The molecule has 0 bridgehead atoms. The van der Waals surface area contributed by atoms with Crippen molar-refractivity contribution in [2.24, 2.45) is 7.05 Å². The second-order valence-corrected chi connectivity index (χ2v) is 6.37. The summed E-state index contributed by atoms with van der Waals surface area (Å²) in [5, 5.41) is 4.85. The molecule has 3 rings (SSSR count). The number of aromatic nitrogens is 4. The van der Waals surface area contributed by atoms with Gasteiger partial charge in [0.2, 0.25) is 5.95 Å². The van der Waals surface area contributed by atoms with E-state index in [4.69, 9.17) is 11.6 Å². The van der Waals surface area contributed by atoms with E-state index in [0.717, 1.165) is 0 Å². The fraction of sp³-hybridized carbons (Fsp3) is 0.0833. The number of nitrogens with one attached hydrogen (secondary N) is 1. The van der Waals surface area contributed by atoms with E-state index in [1.165, 1.54) is 23.1 Å². The van der Waals surface area contributed by atoms with Crippen LogP contribution in [-0.2, 0) is 17.1 Å². The van der Waals surface area contributed by atoms with E-state index in [2.05, 4.69) is 19.8 Å². The van der Waals surface area contributed by atoms with Gasteiger partial charge < -0.3 is 0 Å². The van der Waals surface area contributed by atoms with E-state index in [9.17, 15) is 8.42 Å². The Morgan fingerprint density at radius 3 is 2.76 bits per heavy atom. The molecular weight excluding hydrogens is 314 g/mol. The van der Waals surface area contributed by atoms with E-state index in [0.29, 0.717) is 16.1 Å². The van der Waals surface area contributed by atoms with Crippen molar-refractivity contribution in [1.82, 2.24) is 19.7 Å². The van der Waals surface area contributed by atoms with Crippen molar-refractivity contribution >= 4 is 38.5 Å². The maximum absolute atomic E-state index is 12.3. The Morgan fingerprint density at radius 2 is 2.05 bits per heavy atom. The molecule has 21 heavy (non-hydrogen) atoms. The van der Waals surface area contributed by atoms with Gasteiger partial charge in [0.15, 0.2) is 0 Å². The highest BCUT2D eigenvalue weighted by molar-refractivity contribution is 7.92. The number of anilines is 1. The fourth-order valence-electron chi connectivity index (χ4n) is 1.81. The summed E-state index contributed by atoms with van der Waals surface area (Å²) in [7, 11) is -2.15. The van der Waals surface area contributed by atoms with Crippen LogP contribution in [0.5, 0.6) is 0 Å². The van der Waals surface area contributed by atoms with Crippen molar-refractivity contribution in [3.8, 4) is 0 Å². The third-order valence-corrected chi connectivity index (χ3v) is 4.41. The number of fused-ring (bicyclic) bond motifs is 1. The van der Waals surface area contributed by atoms with Gasteiger partial charge in [-0.1, -0.05) is 11.6 Å². The van der Waals surface area contributed by atoms with Crippen LogP contribution in [0.15, 0.2) is 41.6 Å². The molecule has 3 aromatic rings. The molecule has 0 aliphatic heterocycles. The molecule has 0 radical (unpaired) electrons. The van der Waals surface area contributed by atoms with Crippen LogP contribution in [0.2, 0.25) is 5.15 Å². The molecule has 2 aromatic heterocycles. The summed E-state index contributed by atoms with van der Waals surface area (Å²) in [5.41, 5.74) is 0.625. The summed E-state index contributed by atoms with van der Waals surface area (Å²) in [4.78, 5) is 8.06. The topological polar surface area (TPSA) is 89.8 Å². The van der Waals surface area contributed by atoms with Crippen LogP contribution in [0.25, 0.3) is 10.9 Å². The molecule has 9 heteroatoms. The monoisotopic (exact) mass is 323 g/mol. The first-order chi connectivity index (χ1) is 9.95. The lowest BCUT2D eigenvalue weighted by molar-refractivity contribution is 0.600. The van der Waals surface area contributed by atoms with E-state index in [-0.39, 0.29) is 10.8 Å². The average molecular weight is 324 g/mol. The third kappa shape index (κ3) is 2.67. The quantitative estimate of drug-likeness (QED) is 0.742. The second kappa shape index (κ2) is 4.97. The summed E-state index contributed by atoms with van der Waals surface area (Å²) in [5.74, 6) is 0.143. The maximum atomic E-state index is 12.3. The predicted octanol–water partition coefficient (Wildman–Crippen LogP) is 1.82. The van der Waals surface area contributed by atoms with Gasteiger partial charge in [0.1, 0.15) is 11.5 Å². The first kappa shape index (κ1) is 13.8. The molecule has 0 atom stereocenters. The van der Waals surface area contributed by atoms with Crippen molar-refractivity contribution < 1.29 is 8.42 Å². The lowest BCUT2D eigenvalue weighted by Gasteiger charge is -2.07. The maximum Gasteiger partial charge on any atom is 0.264 e. The van der Waals surface area contributed by atoms with Crippen LogP contribution in [0.1, 0.15) is 0 Å². The van der Waals surface area contributed by atoms with Gasteiger partial charge in [-0.2, -0.15) is 10.1 Å². The predicted molar refractivity (Wildman–Crippen MR) is 78.6 cm³/mol. The van der Waals surface area contributed by atoms with Gasteiger partial charge in [-0.05, 0) is 30.3 Å². The number of rotatable bonds is 3. The summed E-state index contributed by atoms with van der Waals surface area (Å²) in [6.07, 6.45) is 1.27. The second-order valence-electron chi connectivity index (χ2n) is 4.30. The molecule has 1 aromatic carbocycles. The van der Waals surface area contributed by atoms with Crippen molar-refractivity contribution in [3.05, 3.63) is 41.8 Å². The SMILES string of the molecule is Cn1ncnc1NS(=O)(=O)c1ccc2nc(Cl)ccc2c1. The Bertz CT molecular complexity index is 922. The van der Waals surface area contributed by atoms with Gasteiger partial charge in [-0.15, -0.1) is 0 Å². The van der Waals surface area contributed by atoms with E-state index in [1.807, 2.05) is 0 Å². The number of nitrogens with zero attached hydrogens (tertiary/aromatic N) is 4. The van der Waals surface area contributed by atoms with Crippen LogP contribution in [0.3, 0.4) is 0 Å². The zero-order valence-electron chi connectivity index (χ0n) is 10.9. The Kier molecular flexibility index (Phi) is 3.26. The molecule has 0 unspecified atom stereocenters. The van der Waals surface area contributed by atoms with Gasteiger partial charge in [-0.25, -0.2) is 22.8 Å². The Hall–Kier alpha value is -2.19. The van der Waals surface area contributed by atoms with Gasteiger partial charge in [0.25, 0.3) is 10.0 Å². The Morgan fingerprint density at radius 1 is 1.24 bits per heavy atom. The highest BCUT2D eigenvalue weighted by Crippen LogP contribution is 2.21. The number of hydrogen-bond donors (Lipinski definition) is 1. The summed E-state index contributed by atoms with van der Waals surface area (Å²) >= 11 is 5.80. The van der Waals surface area contributed by atoms with Crippen LogP contribution < -0.4 is 4.72 Å². The van der Waals surface area contributed by atoms with Gasteiger partial charge in [-0.3, -0.25) is 0 Å². The number of benzene rings is 1. The van der Waals surface area contributed by atoms with Gasteiger partial charge >= 0.3 is 0 Å². The number of hydrogen-bond acceptors (Lipinski definition) is 5. The van der Waals surface area contributed by atoms with Crippen LogP contribution >= 0.6 is 11.6 Å². The Balaban J connectivity index is 2.02. The van der Waals surface area contributed by atoms with E-state index < -0.39 is 10.0 Å². The lowest BCUT2D eigenvalue weighted by Crippen LogP contribution is -2.16. The van der Waals surface area contributed by atoms with E-state index in [1.54, 1.807) is 25.2 Å². The minimum Gasteiger partial charge on any atom is -0.247 e. The summed E-state index contributed by atoms with van der Waals surface area (Å²) in [6, 6.07) is 7.91. The molecule has 2 heterocycles. The standard InChI is InChI=1S/C12H10ClN5O2S/c1-18-12(14-7-15-18)17-21(19,20)9-3-4-10-8(6-9)2-5-11(13)16-10/h2-7H,1H3,(H,14,15,17). The molecule has 0 saturated carbocycles. The highest BCUT2D eigenvalue weighted by atomic mass is 35.5. The zero-order valence-corrected chi connectivity index (χ0v) is 12.4. The van der Waals surface area contributed by atoms with Crippen LogP contribution in [0.4, 0.5) is 5.95 Å². The normalized spacial score (nSPS) is 11.7. The molecule has 7 nitrogen and oxygen atoms in total. The largest absolute Gasteiger partial charge is 0.264 e. The molecular formula is C12H10ClN5O2S. The van der Waals surface area contributed by atoms with Crippen molar-refractivity contribution in [2.45, 2.75) is 4.90 Å².